The molecule has 0 aliphatic carbocycles. The number of hydrogen-bond donors (Lipinski definition) is 0. The van der Waals surface area contributed by atoms with E-state index >= 15 is 0 Å². The van der Waals surface area contributed by atoms with E-state index in [1.54, 1.807) is 30.1 Å². The summed E-state index contributed by atoms with van der Waals surface area (Å²) in [6.45, 7) is 3.80. The van der Waals surface area contributed by atoms with E-state index in [2.05, 4.69) is 30.2 Å². The van der Waals surface area contributed by atoms with Crippen LogP contribution in [0.1, 0.15) is 18.4 Å². The molecule has 4 heterocycles. The van der Waals surface area contributed by atoms with Crippen molar-refractivity contribution in [3.8, 4) is 6.01 Å². The smallest absolute Gasteiger partial charge is 0.316 e. The van der Waals surface area contributed by atoms with Crippen LogP contribution in [0.5, 0.6) is 6.01 Å². The number of thiophene rings is 1. The number of nitrogens with zero attached hydrogens (tertiary/aromatic N) is 5. The van der Waals surface area contributed by atoms with Crippen LogP contribution in [-0.4, -0.2) is 39.1 Å². The Morgan fingerprint density at radius 1 is 1.13 bits per heavy atom. The zero-order valence-corrected chi connectivity index (χ0v) is 13.7. The number of ether oxygens (including phenoxy) is 1. The van der Waals surface area contributed by atoms with E-state index in [9.17, 15) is 0 Å². The molecule has 0 bridgehead atoms. The van der Waals surface area contributed by atoms with E-state index < -0.39 is 0 Å². The first-order valence-electron chi connectivity index (χ1n) is 7.68. The molecule has 1 saturated heterocycles. The first kappa shape index (κ1) is 14.3. The number of piperidine rings is 1. The summed E-state index contributed by atoms with van der Waals surface area (Å²) in [6, 6.07) is 2.51. The molecule has 118 valence electrons. The van der Waals surface area contributed by atoms with Crippen LogP contribution in [0.25, 0.3) is 10.2 Å². The van der Waals surface area contributed by atoms with Gasteiger partial charge in [0.25, 0.3) is 0 Å². The zero-order valence-electron chi connectivity index (χ0n) is 12.8. The van der Waals surface area contributed by atoms with Crippen LogP contribution in [0.4, 0.5) is 5.82 Å². The van der Waals surface area contributed by atoms with Crippen LogP contribution in [0.15, 0.2) is 30.2 Å². The summed E-state index contributed by atoms with van der Waals surface area (Å²) >= 11 is 1.69. The molecule has 0 saturated carbocycles. The Morgan fingerprint density at radius 3 is 2.70 bits per heavy atom. The van der Waals surface area contributed by atoms with Gasteiger partial charge in [0.1, 0.15) is 18.2 Å². The second-order valence-electron chi connectivity index (χ2n) is 5.68. The summed E-state index contributed by atoms with van der Waals surface area (Å²) in [5, 5.41) is 2.06. The molecule has 1 aliphatic rings. The van der Waals surface area contributed by atoms with Crippen molar-refractivity contribution in [1.29, 1.82) is 0 Å². The maximum atomic E-state index is 5.89. The number of anilines is 1. The molecule has 23 heavy (non-hydrogen) atoms. The Hall–Kier alpha value is -2.28. The summed E-state index contributed by atoms with van der Waals surface area (Å²) in [6.07, 6.45) is 7.25. The fourth-order valence-corrected chi connectivity index (χ4v) is 3.64. The molecular weight excluding hydrogens is 310 g/mol. The maximum absolute atomic E-state index is 5.89. The largest absolute Gasteiger partial charge is 0.460 e. The van der Waals surface area contributed by atoms with Crippen LogP contribution >= 0.6 is 11.3 Å². The highest BCUT2D eigenvalue weighted by Crippen LogP contribution is 2.30. The van der Waals surface area contributed by atoms with Crippen molar-refractivity contribution >= 4 is 27.4 Å². The number of aryl methyl sites for hydroxylation is 1. The molecule has 6 nitrogen and oxygen atoms in total. The van der Waals surface area contributed by atoms with E-state index in [0.717, 1.165) is 47.5 Å². The molecular formula is C16H17N5OS. The number of fused-ring (bicyclic) bond motifs is 1. The average Bonchev–Trinajstić information content (AvgIpc) is 3.06. The molecule has 0 radical (unpaired) electrons. The summed E-state index contributed by atoms with van der Waals surface area (Å²) < 4.78 is 7.05. The standard InChI is InChI=1S/C16H17N5OS/c1-11-8-17-16(18-9-11)22-12-2-5-21(6-3-12)15-14-13(4-7-23-14)19-10-20-15/h4,7-10,12H,2-3,5-6H2,1H3. The third-order valence-electron chi connectivity index (χ3n) is 4.00. The van der Waals surface area contributed by atoms with Crippen LogP contribution in [0.2, 0.25) is 0 Å². The second-order valence-corrected chi connectivity index (χ2v) is 6.60. The van der Waals surface area contributed by atoms with Gasteiger partial charge in [-0.05, 0) is 23.9 Å². The third kappa shape index (κ3) is 2.96. The van der Waals surface area contributed by atoms with Gasteiger partial charge in [0.2, 0.25) is 0 Å². The molecule has 1 aliphatic heterocycles. The Bertz CT molecular complexity index is 796. The Labute approximate surface area is 138 Å². The lowest BCUT2D eigenvalue weighted by atomic mass is 10.1. The minimum Gasteiger partial charge on any atom is -0.460 e. The van der Waals surface area contributed by atoms with Crippen molar-refractivity contribution in [2.75, 3.05) is 18.0 Å². The Morgan fingerprint density at radius 2 is 1.91 bits per heavy atom. The lowest BCUT2D eigenvalue weighted by Crippen LogP contribution is -2.39. The first-order chi connectivity index (χ1) is 11.3. The van der Waals surface area contributed by atoms with Gasteiger partial charge in [-0.1, -0.05) is 0 Å². The molecule has 1 fully saturated rings. The van der Waals surface area contributed by atoms with Gasteiger partial charge in [-0.15, -0.1) is 11.3 Å². The Kier molecular flexibility index (Phi) is 3.78. The summed E-state index contributed by atoms with van der Waals surface area (Å²) in [4.78, 5) is 19.5. The van der Waals surface area contributed by atoms with E-state index in [1.807, 2.05) is 13.0 Å². The highest BCUT2D eigenvalue weighted by molar-refractivity contribution is 7.17. The quantitative estimate of drug-likeness (QED) is 0.737. The third-order valence-corrected chi connectivity index (χ3v) is 4.89. The molecule has 0 atom stereocenters. The highest BCUT2D eigenvalue weighted by atomic mass is 32.1. The summed E-state index contributed by atoms with van der Waals surface area (Å²) in [7, 11) is 0. The Balaban J connectivity index is 1.43. The summed E-state index contributed by atoms with van der Waals surface area (Å²) in [5.41, 5.74) is 2.06. The van der Waals surface area contributed by atoms with Gasteiger partial charge in [0.15, 0.2) is 0 Å². The normalized spacial score (nSPS) is 16.0. The van der Waals surface area contributed by atoms with Crippen molar-refractivity contribution in [2.24, 2.45) is 0 Å². The monoisotopic (exact) mass is 327 g/mol. The zero-order chi connectivity index (χ0) is 15.6. The van der Waals surface area contributed by atoms with Gasteiger partial charge >= 0.3 is 6.01 Å². The van der Waals surface area contributed by atoms with Crippen LogP contribution < -0.4 is 9.64 Å². The molecule has 0 N–H and O–H groups in total. The van der Waals surface area contributed by atoms with E-state index in [1.165, 1.54) is 0 Å². The van der Waals surface area contributed by atoms with Crippen molar-refractivity contribution < 1.29 is 4.74 Å². The van der Waals surface area contributed by atoms with Gasteiger partial charge < -0.3 is 9.64 Å². The van der Waals surface area contributed by atoms with Crippen molar-refractivity contribution in [2.45, 2.75) is 25.9 Å². The fourth-order valence-electron chi connectivity index (χ4n) is 2.78. The topological polar surface area (TPSA) is 64.0 Å². The van der Waals surface area contributed by atoms with Crippen molar-refractivity contribution in [1.82, 2.24) is 19.9 Å². The predicted octanol–water partition coefficient (Wildman–Crippen LogP) is 2.84. The molecule has 0 aromatic carbocycles. The molecule has 7 heteroatoms. The molecule has 0 unspecified atom stereocenters. The average molecular weight is 327 g/mol. The second kappa shape index (κ2) is 6.08. The maximum Gasteiger partial charge on any atom is 0.316 e. The van der Waals surface area contributed by atoms with Crippen molar-refractivity contribution in [3.05, 3.63) is 35.7 Å². The van der Waals surface area contributed by atoms with Crippen LogP contribution in [-0.2, 0) is 0 Å². The van der Waals surface area contributed by atoms with Gasteiger partial charge in [-0.25, -0.2) is 19.9 Å². The summed E-state index contributed by atoms with van der Waals surface area (Å²) in [5.74, 6) is 1.04. The van der Waals surface area contributed by atoms with E-state index in [0.29, 0.717) is 6.01 Å². The van der Waals surface area contributed by atoms with Crippen LogP contribution in [0.3, 0.4) is 0 Å². The van der Waals surface area contributed by atoms with Gasteiger partial charge in [0, 0.05) is 38.3 Å². The molecule has 3 aromatic heterocycles. The molecule has 0 spiro atoms. The molecule has 3 aromatic rings. The first-order valence-corrected chi connectivity index (χ1v) is 8.56. The SMILES string of the molecule is Cc1cnc(OC2CCN(c3ncnc4ccsc34)CC2)nc1. The molecule has 0 amide bonds. The van der Waals surface area contributed by atoms with Gasteiger partial charge in [-0.3, -0.25) is 0 Å². The van der Waals surface area contributed by atoms with E-state index in [4.69, 9.17) is 4.74 Å². The van der Waals surface area contributed by atoms with Gasteiger partial charge in [-0.2, -0.15) is 0 Å². The minimum absolute atomic E-state index is 0.162. The number of rotatable bonds is 3. The minimum atomic E-state index is 0.162. The molecule has 4 rings (SSSR count). The highest BCUT2D eigenvalue weighted by Gasteiger charge is 2.23. The van der Waals surface area contributed by atoms with E-state index in [-0.39, 0.29) is 6.10 Å². The number of aromatic nitrogens is 4. The lowest BCUT2D eigenvalue weighted by Gasteiger charge is -2.32. The van der Waals surface area contributed by atoms with Gasteiger partial charge in [0.05, 0.1) is 10.2 Å². The fraction of sp³-hybridized carbons (Fsp3) is 0.375. The van der Waals surface area contributed by atoms with Crippen LogP contribution in [0, 0.1) is 6.92 Å². The number of hydrogen-bond acceptors (Lipinski definition) is 7. The van der Waals surface area contributed by atoms with Crippen molar-refractivity contribution in [3.63, 3.8) is 0 Å². The lowest BCUT2D eigenvalue weighted by molar-refractivity contribution is 0.156. The predicted molar refractivity (Wildman–Crippen MR) is 90.0 cm³/mol.